The first kappa shape index (κ1) is 14.6. The maximum Gasteiger partial charge on any atom is 0.321 e. The summed E-state index contributed by atoms with van der Waals surface area (Å²) in [4.78, 5) is 13.6. The number of β-amino-alcohol motifs (C(OH)–C–C–N with tert-alkyl or cyclic N) is 1. The zero-order valence-corrected chi connectivity index (χ0v) is 11.6. The number of aliphatic hydroxyl groups excluding tert-OH is 1. The topological polar surface area (TPSA) is 61.8 Å². The van der Waals surface area contributed by atoms with Crippen molar-refractivity contribution >= 4 is 11.7 Å². The first-order chi connectivity index (χ1) is 9.51. The monoisotopic (exact) mass is 282 g/mol. The third kappa shape index (κ3) is 3.19. The van der Waals surface area contributed by atoms with E-state index in [4.69, 9.17) is 4.74 Å². The van der Waals surface area contributed by atoms with E-state index in [9.17, 15) is 14.3 Å². The molecule has 1 saturated heterocycles. The molecule has 0 radical (unpaired) electrons. The summed E-state index contributed by atoms with van der Waals surface area (Å²) in [6.45, 7) is 2.84. The Morgan fingerprint density at radius 2 is 2.30 bits per heavy atom. The normalized spacial score (nSPS) is 22.5. The van der Waals surface area contributed by atoms with Gasteiger partial charge in [-0.15, -0.1) is 0 Å². The molecule has 1 fully saturated rings. The van der Waals surface area contributed by atoms with Gasteiger partial charge in [0.1, 0.15) is 0 Å². The van der Waals surface area contributed by atoms with Crippen molar-refractivity contribution in [3.8, 4) is 5.75 Å². The number of nitrogens with zero attached hydrogens (tertiary/aromatic N) is 1. The minimum absolute atomic E-state index is 0.130. The van der Waals surface area contributed by atoms with E-state index in [1.165, 1.54) is 24.1 Å². The van der Waals surface area contributed by atoms with Crippen molar-refractivity contribution in [1.82, 2.24) is 4.90 Å². The van der Waals surface area contributed by atoms with Crippen molar-refractivity contribution in [3.05, 3.63) is 24.0 Å². The van der Waals surface area contributed by atoms with Crippen molar-refractivity contribution in [3.63, 3.8) is 0 Å². The van der Waals surface area contributed by atoms with Crippen LogP contribution in [0.3, 0.4) is 0 Å². The summed E-state index contributed by atoms with van der Waals surface area (Å²) in [5.74, 6) is -0.208. The lowest BCUT2D eigenvalue weighted by Crippen LogP contribution is -2.47. The molecule has 2 amide bonds. The Kier molecular flexibility index (Phi) is 4.44. The maximum absolute atomic E-state index is 13.5. The number of carbonyl (C=O) groups excluding carboxylic acids is 1. The smallest absolute Gasteiger partial charge is 0.321 e. The number of nitrogens with one attached hydrogen (secondary N) is 1. The number of piperidine rings is 1. The molecule has 2 atom stereocenters. The Labute approximate surface area is 117 Å². The molecule has 0 bridgehead atoms. The summed E-state index contributed by atoms with van der Waals surface area (Å²) in [5.41, 5.74) is 0.362. The van der Waals surface area contributed by atoms with Gasteiger partial charge in [0.15, 0.2) is 11.6 Å². The highest BCUT2D eigenvalue weighted by molar-refractivity contribution is 5.89. The number of amides is 2. The first-order valence-corrected chi connectivity index (χ1v) is 6.58. The molecule has 1 aromatic rings. The Morgan fingerprint density at radius 3 is 2.90 bits per heavy atom. The zero-order chi connectivity index (χ0) is 14.7. The molecule has 2 unspecified atom stereocenters. The van der Waals surface area contributed by atoms with Crippen molar-refractivity contribution in [2.75, 3.05) is 25.5 Å². The number of anilines is 1. The van der Waals surface area contributed by atoms with E-state index in [2.05, 4.69) is 5.32 Å². The minimum atomic E-state index is -0.530. The Bertz CT molecular complexity index is 495. The van der Waals surface area contributed by atoms with Gasteiger partial charge < -0.3 is 20.1 Å². The Hall–Kier alpha value is -1.82. The molecule has 6 heteroatoms. The fourth-order valence-electron chi connectivity index (χ4n) is 2.18. The number of urea groups is 1. The highest BCUT2D eigenvalue weighted by Gasteiger charge is 2.27. The molecular weight excluding hydrogens is 263 g/mol. The van der Waals surface area contributed by atoms with E-state index in [1.807, 2.05) is 6.92 Å². The standard InChI is InChI=1S/C14H19FN2O3/c1-9-5-6-17(8-12(9)18)14(19)16-10-3-4-13(20-2)11(15)7-10/h3-4,7,9,12,18H,5-6,8H2,1-2H3,(H,16,19). The van der Waals surface area contributed by atoms with Gasteiger partial charge in [0.2, 0.25) is 0 Å². The van der Waals surface area contributed by atoms with E-state index in [0.717, 1.165) is 6.42 Å². The number of benzene rings is 1. The van der Waals surface area contributed by atoms with E-state index >= 15 is 0 Å². The fourth-order valence-corrected chi connectivity index (χ4v) is 2.18. The highest BCUT2D eigenvalue weighted by Crippen LogP contribution is 2.22. The van der Waals surface area contributed by atoms with Crippen LogP contribution in [-0.2, 0) is 0 Å². The van der Waals surface area contributed by atoms with Crippen LogP contribution in [0.5, 0.6) is 5.75 Å². The molecule has 0 aliphatic carbocycles. The summed E-state index contributed by atoms with van der Waals surface area (Å²) in [6, 6.07) is 3.90. The Balaban J connectivity index is 1.99. The molecule has 0 spiro atoms. The van der Waals surface area contributed by atoms with Crippen molar-refractivity contribution < 1.29 is 19.0 Å². The fraction of sp³-hybridized carbons (Fsp3) is 0.500. The van der Waals surface area contributed by atoms with Crippen LogP contribution in [0.15, 0.2) is 18.2 Å². The van der Waals surface area contributed by atoms with Crippen LogP contribution in [0.25, 0.3) is 0 Å². The van der Waals surface area contributed by atoms with E-state index in [0.29, 0.717) is 18.8 Å². The minimum Gasteiger partial charge on any atom is -0.494 e. The summed E-state index contributed by atoms with van der Waals surface area (Å²) in [5, 5.41) is 12.4. The number of ether oxygens (including phenoxy) is 1. The lowest BCUT2D eigenvalue weighted by atomic mass is 9.96. The molecular formula is C14H19FN2O3. The highest BCUT2D eigenvalue weighted by atomic mass is 19.1. The van der Waals surface area contributed by atoms with Gasteiger partial charge in [0, 0.05) is 24.8 Å². The number of carbonyl (C=O) groups is 1. The quantitative estimate of drug-likeness (QED) is 0.873. The van der Waals surface area contributed by atoms with Gasteiger partial charge in [0.25, 0.3) is 0 Å². The lowest BCUT2D eigenvalue weighted by Gasteiger charge is -2.34. The van der Waals surface area contributed by atoms with Crippen LogP contribution in [0.1, 0.15) is 13.3 Å². The molecule has 0 saturated carbocycles. The van der Waals surface area contributed by atoms with Gasteiger partial charge in [-0.1, -0.05) is 6.92 Å². The van der Waals surface area contributed by atoms with E-state index in [-0.39, 0.29) is 17.7 Å². The first-order valence-electron chi connectivity index (χ1n) is 6.58. The summed E-state index contributed by atoms with van der Waals surface area (Å²) >= 11 is 0. The van der Waals surface area contributed by atoms with Crippen LogP contribution in [0, 0.1) is 11.7 Å². The molecule has 5 nitrogen and oxygen atoms in total. The number of likely N-dealkylation sites (tertiary alicyclic amines) is 1. The molecule has 1 aromatic carbocycles. The number of halogens is 1. The average molecular weight is 282 g/mol. The molecule has 1 aliphatic heterocycles. The van der Waals surface area contributed by atoms with Crippen LogP contribution < -0.4 is 10.1 Å². The molecule has 2 rings (SSSR count). The predicted molar refractivity (Wildman–Crippen MR) is 73.3 cm³/mol. The van der Waals surface area contributed by atoms with Crippen LogP contribution in [0.2, 0.25) is 0 Å². The lowest BCUT2D eigenvalue weighted by molar-refractivity contribution is 0.0464. The molecule has 1 aliphatic rings. The third-order valence-corrected chi connectivity index (χ3v) is 3.61. The van der Waals surface area contributed by atoms with Gasteiger partial charge in [-0.25, -0.2) is 9.18 Å². The SMILES string of the molecule is COc1ccc(NC(=O)N2CCC(C)C(O)C2)cc1F. The van der Waals surface area contributed by atoms with Gasteiger partial charge >= 0.3 is 6.03 Å². The number of hydrogen-bond acceptors (Lipinski definition) is 3. The maximum atomic E-state index is 13.5. The number of hydrogen-bond donors (Lipinski definition) is 2. The van der Waals surface area contributed by atoms with Gasteiger partial charge in [-0.2, -0.15) is 0 Å². The zero-order valence-electron chi connectivity index (χ0n) is 11.6. The molecule has 110 valence electrons. The number of rotatable bonds is 2. The van der Waals surface area contributed by atoms with Gasteiger partial charge in [0.05, 0.1) is 13.2 Å². The molecule has 1 heterocycles. The van der Waals surface area contributed by atoms with Crippen LogP contribution in [0.4, 0.5) is 14.9 Å². The molecule has 2 N–H and O–H groups in total. The van der Waals surface area contributed by atoms with Crippen molar-refractivity contribution in [2.24, 2.45) is 5.92 Å². The number of methoxy groups -OCH3 is 1. The van der Waals surface area contributed by atoms with Crippen LogP contribution >= 0.6 is 0 Å². The van der Waals surface area contributed by atoms with E-state index in [1.54, 1.807) is 6.07 Å². The largest absolute Gasteiger partial charge is 0.494 e. The second-order valence-corrected chi connectivity index (χ2v) is 5.06. The molecule has 0 aromatic heterocycles. The van der Waals surface area contributed by atoms with Gasteiger partial charge in [-0.3, -0.25) is 0 Å². The summed E-state index contributed by atoms with van der Waals surface area (Å²) in [6.07, 6.45) is 0.244. The Morgan fingerprint density at radius 1 is 1.55 bits per heavy atom. The third-order valence-electron chi connectivity index (χ3n) is 3.61. The second kappa shape index (κ2) is 6.09. The van der Waals surface area contributed by atoms with Crippen molar-refractivity contribution in [2.45, 2.75) is 19.4 Å². The predicted octanol–water partition coefficient (Wildman–Crippen LogP) is 2.07. The van der Waals surface area contributed by atoms with Crippen LogP contribution in [-0.4, -0.2) is 42.3 Å². The number of aliphatic hydroxyl groups is 1. The van der Waals surface area contributed by atoms with E-state index < -0.39 is 11.9 Å². The average Bonchev–Trinajstić information content (AvgIpc) is 2.42. The van der Waals surface area contributed by atoms with Crippen molar-refractivity contribution in [1.29, 1.82) is 0 Å². The summed E-state index contributed by atoms with van der Waals surface area (Å²) in [7, 11) is 1.38. The van der Waals surface area contributed by atoms with Gasteiger partial charge in [-0.05, 0) is 24.5 Å². The summed E-state index contributed by atoms with van der Waals surface area (Å²) < 4.78 is 18.3. The molecule has 20 heavy (non-hydrogen) atoms. The second-order valence-electron chi connectivity index (χ2n) is 5.06.